The van der Waals surface area contributed by atoms with Crippen molar-refractivity contribution in [3.8, 4) is 0 Å². The molecule has 0 spiro atoms. The molecule has 1 saturated carbocycles. The molecule has 15 heavy (non-hydrogen) atoms. The van der Waals surface area contributed by atoms with Gasteiger partial charge in [-0.25, -0.2) is 4.98 Å². The van der Waals surface area contributed by atoms with Gasteiger partial charge in [0, 0.05) is 5.92 Å². The molecule has 1 aromatic heterocycles. The molecule has 0 aromatic carbocycles. The highest BCUT2D eigenvalue weighted by atomic mass is 32.1. The molecule has 80 valence electrons. The lowest BCUT2D eigenvalue weighted by atomic mass is 9.89. The lowest BCUT2D eigenvalue weighted by Gasteiger charge is -2.17. The number of H-pyrrole nitrogens is 2. The van der Waals surface area contributed by atoms with E-state index in [2.05, 4.69) is 15.0 Å². The molecule has 3 rings (SSSR count). The maximum Gasteiger partial charge on any atom is 0.200 e. The van der Waals surface area contributed by atoms with Gasteiger partial charge in [-0.3, -0.25) is 0 Å². The van der Waals surface area contributed by atoms with Crippen LogP contribution in [-0.4, -0.2) is 27.2 Å². The Balaban J connectivity index is 1.91. The van der Waals surface area contributed by atoms with Crippen molar-refractivity contribution in [2.45, 2.75) is 37.4 Å². The smallest absolute Gasteiger partial charge is 0.200 e. The second kappa shape index (κ2) is 3.47. The first kappa shape index (κ1) is 9.62. The predicted molar refractivity (Wildman–Crippen MR) is 59.9 cm³/mol. The Hall–Kier alpha value is -0.590. The van der Waals surface area contributed by atoms with Crippen LogP contribution in [0.25, 0.3) is 0 Å². The number of nitrogens with one attached hydrogen (secondary N) is 2. The first-order valence-electron chi connectivity index (χ1n) is 5.08. The van der Waals surface area contributed by atoms with Crippen LogP contribution < -0.4 is 0 Å². The minimum Gasteiger partial charge on any atom is -0.370 e. The predicted octanol–water partition coefficient (Wildman–Crippen LogP) is 2.23. The summed E-state index contributed by atoms with van der Waals surface area (Å²) in [6, 6.07) is 0. The van der Waals surface area contributed by atoms with Crippen LogP contribution in [0.4, 0.5) is 0 Å². The summed E-state index contributed by atoms with van der Waals surface area (Å²) in [4.78, 5) is 10.2. The van der Waals surface area contributed by atoms with E-state index in [0.717, 1.165) is 25.1 Å². The minimum atomic E-state index is 0.423. The zero-order chi connectivity index (χ0) is 10.4. The van der Waals surface area contributed by atoms with Crippen molar-refractivity contribution in [1.29, 1.82) is 0 Å². The van der Waals surface area contributed by atoms with Gasteiger partial charge in [0.2, 0.25) is 4.77 Å². The third-order valence-corrected chi connectivity index (χ3v) is 3.47. The lowest BCUT2D eigenvalue weighted by Crippen LogP contribution is -2.15. The van der Waals surface area contributed by atoms with Gasteiger partial charge in [0.15, 0.2) is 4.77 Å². The van der Waals surface area contributed by atoms with E-state index in [1.54, 1.807) is 0 Å². The summed E-state index contributed by atoms with van der Waals surface area (Å²) < 4.78 is 6.51. The molecule has 2 N–H and O–H groups in total. The Labute approximate surface area is 97.1 Å². The van der Waals surface area contributed by atoms with Gasteiger partial charge in [-0.15, -0.1) is 0 Å². The van der Waals surface area contributed by atoms with Crippen molar-refractivity contribution >= 4 is 24.4 Å². The number of hydrogen-bond donors (Lipinski definition) is 2. The Kier molecular flexibility index (Phi) is 2.22. The zero-order valence-corrected chi connectivity index (χ0v) is 9.66. The van der Waals surface area contributed by atoms with E-state index in [4.69, 9.17) is 29.2 Å². The fraction of sp³-hybridized carbons (Fsp3) is 0.667. The molecule has 1 aliphatic heterocycles. The number of nitrogens with zero attached hydrogens (tertiary/aromatic N) is 1. The van der Waals surface area contributed by atoms with E-state index in [1.807, 2.05) is 0 Å². The monoisotopic (exact) mass is 241 g/mol. The van der Waals surface area contributed by atoms with Gasteiger partial charge in [-0.1, -0.05) is 0 Å². The van der Waals surface area contributed by atoms with Crippen LogP contribution in [-0.2, 0) is 4.74 Å². The van der Waals surface area contributed by atoms with Gasteiger partial charge in [0.25, 0.3) is 0 Å². The normalized spacial score (nSPS) is 33.5. The number of aromatic amines is 2. The van der Waals surface area contributed by atoms with Gasteiger partial charge in [-0.2, -0.15) is 0 Å². The molecule has 0 amide bonds. The maximum absolute atomic E-state index is 5.49. The molecule has 1 aliphatic carbocycles. The molecule has 2 aliphatic rings. The van der Waals surface area contributed by atoms with Gasteiger partial charge in [0.05, 0.1) is 12.2 Å². The largest absolute Gasteiger partial charge is 0.370 e. The number of ether oxygens (including phenoxy) is 1. The standard InChI is InChI=1S/C9H11N3OS2/c14-8-10-7(11-9(15)12-8)4-1-2-5-6(3-4)13-5/h4-6H,1-3H2,(H2,10,11,12,14,15). The van der Waals surface area contributed by atoms with Crippen LogP contribution in [0.2, 0.25) is 0 Å². The third kappa shape index (κ3) is 1.89. The van der Waals surface area contributed by atoms with E-state index < -0.39 is 0 Å². The van der Waals surface area contributed by atoms with Gasteiger partial charge >= 0.3 is 0 Å². The fourth-order valence-electron chi connectivity index (χ4n) is 2.26. The lowest BCUT2D eigenvalue weighted by molar-refractivity contribution is 0.371. The van der Waals surface area contributed by atoms with E-state index >= 15 is 0 Å². The summed E-state index contributed by atoms with van der Waals surface area (Å²) in [5, 5.41) is 0. The summed E-state index contributed by atoms with van der Waals surface area (Å²) in [6.07, 6.45) is 4.25. The molecule has 4 nitrogen and oxygen atoms in total. The first-order chi connectivity index (χ1) is 7.22. The highest BCUT2D eigenvalue weighted by molar-refractivity contribution is 7.71. The number of hydrogen-bond acceptors (Lipinski definition) is 4. The van der Waals surface area contributed by atoms with Gasteiger partial charge in [-0.05, 0) is 43.7 Å². The Bertz CT molecular complexity index is 466. The highest BCUT2D eigenvalue weighted by Gasteiger charge is 2.44. The van der Waals surface area contributed by atoms with Crippen molar-refractivity contribution in [2.75, 3.05) is 0 Å². The molecule has 0 bridgehead atoms. The van der Waals surface area contributed by atoms with Crippen LogP contribution in [0.1, 0.15) is 31.0 Å². The average Bonchev–Trinajstić information content (AvgIpc) is 2.93. The maximum atomic E-state index is 5.49. The van der Waals surface area contributed by atoms with Crippen molar-refractivity contribution < 1.29 is 4.74 Å². The molecule has 2 fully saturated rings. The summed E-state index contributed by atoms with van der Waals surface area (Å²) in [7, 11) is 0. The quantitative estimate of drug-likeness (QED) is 0.585. The van der Waals surface area contributed by atoms with Crippen molar-refractivity contribution in [3.63, 3.8) is 0 Å². The number of aromatic nitrogens is 3. The van der Waals surface area contributed by atoms with Crippen LogP contribution in [0, 0.1) is 9.54 Å². The van der Waals surface area contributed by atoms with Crippen molar-refractivity contribution in [2.24, 2.45) is 0 Å². The second-order valence-electron chi connectivity index (χ2n) is 4.10. The second-order valence-corrected chi connectivity index (χ2v) is 4.90. The molecular formula is C9H11N3OS2. The molecule has 3 unspecified atom stereocenters. The molecule has 0 radical (unpaired) electrons. The van der Waals surface area contributed by atoms with Crippen LogP contribution >= 0.6 is 24.4 Å². The van der Waals surface area contributed by atoms with Crippen molar-refractivity contribution in [3.05, 3.63) is 15.4 Å². The summed E-state index contributed by atoms with van der Waals surface area (Å²) in [6.45, 7) is 0. The Morgan fingerprint density at radius 3 is 2.80 bits per heavy atom. The molecule has 6 heteroatoms. The third-order valence-electron chi connectivity index (χ3n) is 3.07. The molecule has 1 aromatic rings. The van der Waals surface area contributed by atoms with E-state index in [9.17, 15) is 0 Å². The van der Waals surface area contributed by atoms with Gasteiger partial charge in [0.1, 0.15) is 5.82 Å². The van der Waals surface area contributed by atoms with E-state index in [1.165, 1.54) is 0 Å². The molecule has 1 saturated heterocycles. The summed E-state index contributed by atoms with van der Waals surface area (Å²) in [5.74, 6) is 1.34. The SMILES string of the molecule is S=c1nc(C2CCC3OC3C2)[nH]c(=S)[nH]1. The Morgan fingerprint density at radius 1 is 1.20 bits per heavy atom. The molecule has 2 heterocycles. The molecular weight excluding hydrogens is 230 g/mol. The van der Waals surface area contributed by atoms with Crippen LogP contribution in [0.5, 0.6) is 0 Å². The zero-order valence-electron chi connectivity index (χ0n) is 8.03. The van der Waals surface area contributed by atoms with E-state index in [-0.39, 0.29) is 0 Å². The topological polar surface area (TPSA) is 57.0 Å². The Morgan fingerprint density at radius 2 is 2.07 bits per heavy atom. The average molecular weight is 241 g/mol. The van der Waals surface area contributed by atoms with E-state index in [0.29, 0.717) is 27.7 Å². The van der Waals surface area contributed by atoms with Gasteiger partial charge < -0.3 is 14.7 Å². The number of fused-ring (bicyclic) bond motifs is 1. The minimum absolute atomic E-state index is 0.423. The highest BCUT2D eigenvalue weighted by Crippen LogP contribution is 2.42. The van der Waals surface area contributed by atoms with Crippen LogP contribution in [0.3, 0.4) is 0 Å². The van der Waals surface area contributed by atoms with Crippen molar-refractivity contribution in [1.82, 2.24) is 15.0 Å². The number of epoxide rings is 1. The number of rotatable bonds is 1. The molecule has 3 atom stereocenters. The fourth-order valence-corrected chi connectivity index (χ4v) is 2.72. The summed E-state index contributed by atoms with van der Waals surface area (Å²) in [5.41, 5.74) is 0. The summed E-state index contributed by atoms with van der Waals surface area (Å²) >= 11 is 10.1. The van der Waals surface area contributed by atoms with Crippen LogP contribution in [0.15, 0.2) is 0 Å². The first-order valence-corrected chi connectivity index (χ1v) is 5.90.